The first kappa shape index (κ1) is 20.2. The molecule has 2 saturated carbocycles. The van der Waals surface area contributed by atoms with Crippen LogP contribution in [0.4, 0.5) is 17.6 Å². The highest BCUT2D eigenvalue weighted by Gasteiger charge is 2.46. The molecule has 0 radical (unpaired) electrons. The maximum Gasteiger partial charge on any atom is 0.523 e. The third kappa shape index (κ3) is 4.10. The van der Waals surface area contributed by atoms with Crippen molar-refractivity contribution >= 4 is 0 Å². The van der Waals surface area contributed by atoms with Gasteiger partial charge in [0.2, 0.25) is 0 Å². The number of hydrogen-bond acceptors (Lipinski definition) is 1. The first-order valence-electron chi connectivity index (χ1n) is 10.9. The number of ether oxygens (including phenoxy) is 1. The zero-order valence-electron chi connectivity index (χ0n) is 16.5. The smallest absolute Gasteiger partial charge is 0.283 e. The fraction of sp³-hybridized carbons (Fsp3) is 0.739. The molecule has 0 bridgehead atoms. The topological polar surface area (TPSA) is 9.23 Å². The summed E-state index contributed by atoms with van der Waals surface area (Å²) < 4.78 is 58.5. The molecular formula is C23H30F4O. The van der Waals surface area contributed by atoms with Crippen molar-refractivity contribution in [3.63, 3.8) is 0 Å². The monoisotopic (exact) mass is 398 g/mol. The zero-order chi connectivity index (χ0) is 19.9. The predicted molar refractivity (Wildman–Crippen MR) is 100 cm³/mol. The van der Waals surface area contributed by atoms with Crippen molar-refractivity contribution in [1.29, 1.82) is 0 Å². The summed E-state index contributed by atoms with van der Waals surface area (Å²) >= 11 is 0. The molecule has 0 aromatic heterocycles. The highest BCUT2D eigenvalue weighted by Crippen LogP contribution is 2.52. The van der Waals surface area contributed by atoms with E-state index in [1.165, 1.54) is 37.8 Å². The van der Waals surface area contributed by atoms with E-state index in [2.05, 4.69) is 11.7 Å². The van der Waals surface area contributed by atoms with Gasteiger partial charge in [0, 0.05) is 0 Å². The summed E-state index contributed by atoms with van der Waals surface area (Å²) in [6, 6.07) is 4.46. The van der Waals surface area contributed by atoms with Crippen molar-refractivity contribution < 1.29 is 22.3 Å². The van der Waals surface area contributed by atoms with Crippen LogP contribution < -0.4 is 0 Å². The van der Waals surface area contributed by atoms with Gasteiger partial charge in [-0.25, -0.2) is 4.39 Å². The van der Waals surface area contributed by atoms with Crippen LogP contribution in [0.3, 0.4) is 0 Å². The van der Waals surface area contributed by atoms with Gasteiger partial charge in [-0.3, -0.25) is 4.74 Å². The van der Waals surface area contributed by atoms with Crippen LogP contribution in [0.25, 0.3) is 0 Å². The number of alkyl halides is 3. The Kier molecular flexibility index (Phi) is 5.74. The third-order valence-electron chi connectivity index (χ3n) is 7.78. The summed E-state index contributed by atoms with van der Waals surface area (Å²) in [5.41, 5.74) is 0.815. The van der Waals surface area contributed by atoms with E-state index in [0.29, 0.717) is 29.9 Å². The van der Waals surface area contributed by atoms with E-state index in [1.807, 2.05) is 0 Å². The number of halogens is 4. The second-order valence-corrected chi connectivity index (χ2v) is 9.17. The third-order valence-corrected chi connectivity index (χ3v) is 7.78. The van der Waals surface area contributed by atoms with Gasteiger partial charge in [0.1, 0.15) is 5.82 Å². The Morgan fingerprint density at radius 2 is 1.68 bits per heavy atom. The Labute approximate surface area is 164 Å². The second-order valence-electron chi connectivity index (χ2n) is 9.17. The summed E-state index contributed by atoms with van der Waals surface area (Å²) in [5.74, 6) is 1.85. The Bertz CT molecular complexity index is 686. The van der Waals surface area contributed by atoms with Gasteiger partial charge in [0.05, 0.1) is 6.10 Å². The molecule has 2 fully saturated rings. The predicted octanol–water partition coefficient (Wildman–Crippen LogP) is 7.21. The standard InChI is InChI=1S/C23H30F4O/c1-2-14-6-7-16-13-17(9-8-15(16)12-14)18-10-11-19-20(4-3-5-21(19)24)22(18)28-23(25,26)27/h3-5,14-18,22H,2,6-13H2,1H3. The molecule has 0 saturated heterocycles. The first-order valence-corrected chi connectivity index (χ1v) is 10.9. The van der Waals surface area contributed by atoms with Crippen LogP contribution in [-0.2, 0) is 11.2 Å². The van der Waals surface area contributed by atoms with E-state index < -0.39 is 18.3 Å². The number of rotatable bonds is 3. The lowest BCUT2D eigenvalue weighted by Crippen LogP contribution is -2.38. The van der Waals surface area contributed by atoms with Gasteiger partial charge in [-0.15, -0.1) is 13.2 Å². The lowest BCUT2D eigenvalue weighted by atomic mass is 9.60. The van der Waals surface area contributed by atoms with Crippen molar-refractivity contribution in [1.82, 2.24) is 0 Å². The molecule has 1 nitrogen and oxygen atoms in total. The highest BCUT2D eigenvalue weighted by atomic mass is 19.4. The van der Waals surface area contributed by atoms with Crippen molar-refractivity contribution in [2.75, 3.05) is 0 Å². The molecule has 0 aliphatic heterocycles. The van der Waals surface area contributed by atoms with Crippen molar-refractivity contribution in [2.45, 2.75) is 77.2 Å². The van der Waals surface area contributed by atoms with Crippen LogP contribution in [0.15, 0.2) is 18.2 Å². The van der Waals surface area contributed by atoms with Gasteiger partial charge in [-0.1, -0.05) is 31.9 Å². The summed E-state index contributed by atoms with van der Waals surface area (Å²) in [4.78, 5) is 0. The second kappa shape index (κ2) is 7.97. The molecule has 28 heavy (non-hydrogen) atoms. The van der Waals surface area contributed by atoms with Gasteiger partial charge in [-0.2, -0.15) is 0 Å². The molecule has 3 aliphatic rings. The van der Waals surface area contributed by atoms with E-state index in [9.17, 15) is 17.6 Å². The van der Waals surface area contributed by atoms with E-state index in [4.69, 9.17) is 0 Å². The van der Waals surface area contributed by atoms with Crippen molar-refractivity contribution in [3.05, 3.63) is 35.1 Å². The van der Waals surface area contributed by atoms with Gasteiger partial charge in [0.25, 0.3) is 0 Å². The minimum absolute atomic E-state index is 0.180. The summed E-state index contributed by atoms with van der Waals surface area (Å²) in [7, 11) is 0. The van der Waals surface area contributed by atoms with E-state index in [1.54, 1.807) is 6.07 Å². The van der Waals surface area contributed by atoms with Crippen LogP contribution in [0.2, 0.25) is 0 Å². The highest BCUT2D eigenvalue weighted by molar-refractivity contribution is 5.33. The van der Waals surface area contributed by atoms with Crippen molar-refractivity contribution in [2.24, 2.45) is 29.6 Å². The molecular weight excluding hydrogens is 368 g/mol. The molecule has 1 aromatic carbocycles. The summed E-state index contributed by atoms with van der Waals surface area (Å²) in [5, 5.41) is 0. The van der Waals surface area contributed by atoms with Crippen molar-refractivity contribution in [3.8, 4) is 0 Å². The lowest BCUT2D eigenvalue weighted by molar-refractivity contribution is -0.354. The molecule has 0 spiro atoms. The Morgan fingerprint density at radius 3 is 2.43 bits per heavy atom. The summed E-state index contributed by atoms with van der Waals surface area (Å²) in [6.45, 7) is 2.26. The SMILES string of the molecule is CCC1CCC2CC(C3CCc4c(F)cccc4C3OC(F)(F)F)CCC2C1. The average molecular weight is 398 g/mol. The Balaban J connectivity index is 1.55. The van der Waals surface area contributed by atoms with Gasteiger partial charge in [0.15, 0.2) is 0 Å². The normalized spacial score (nSPS) is 35.9. The maximum absolute atomic E-state index is 14.2. The molecule has 0 N–H and O–H groups in total. The first-order chi connectivity index (χ1) is 13.4. The Morgan fingerprint density at radius 1 is 0.964 bits per heavy atom. The fourth-order valence-electron chi connectivity index (χ4n) is 6.36. The number of hydrogen-bond donors (Lipinski definition) is 0. The molecule has 0 heterocycles. The average Bonchev–Trinajstić information content (AvgIpc) is 2.67. The molecule has 1 aromatic rings. The molecule has 4 rings (SSSR count). The molecule has 5 heteroatoms. The number of benzene rings is 1. The minimum Gasteiger partial charge on any atom is -0.283 e. The molecule has 3 aliphatic carbocycles. The van der Waals surface area contributed by atoms with Crippen LogP contribution in [0.5, 0.6) is 0 Å². The quantitative estimate of drug-likeness (QED) is 0.489. The number of fused-ring (bicyclic) bond motifs is 2. The van der Waals surface area contributed by atoms with Crippen LogP contribution >= 0.6 is 0 Å². The van der Waals surface area contributed by atoms with E-state index in [-0.39, 0.29) is 11.8 Å². The molecule has 6 atom stereocenters. The van der Waals surface area contributed by atoms with Gasteiger partial charge < -0.3 is 0 Å². The molecule has 6 unspecified atom stereocenters. The Hall–Kier alpha value is -1.10. The maximum atomic E-state index is 14.2. The van der Waals surface area contributed by atoms with Crippen LogP contribution in [0, 0.1) is 35.4 Å². The molecule has 0 amide bonds. The zero-order valence-corrected chi connectivity index (χ0v) is 16.5. The van der Waals surface area contributed by atoms with Crippen LogP contribution in [-0.4, -0.2) is 6.36 Å². The van der Waals surface area contributed by atoms with Gasteiger partial charge >= 0.3 is 6.36 Å². The van der Waals surface area contributed by atoms with Crippen LogP contribution in [0.1, 0.15) is 75.5 Å². The molecule has 156 valence electrons. The minimum atomic E-state index is -4.71. The van der Waals surface area contributed by atoms with Gasteiger partial charge in [-0.05, 0) is 91.7 Å². The van der Waals surface area contributed by atoms with E-state index >= 15 is 0 Å². The largest absolute Gasteiger partial charge is 0.523 e. The lowest BCUT2D eigenvalue weighted by Gasteiger charge is -2.46. The summed E-state index contributed by atoms with van der Waals surface area (Å²) in [6.07, 6.45) is 3.40. The fourth-order valence-corrected chi connectivity index (χ4v) is 6.36. The van der Waals surface area contributed by atoms with E-state index in [0.717, 1.165) is 31.1 Å².